The number of rotatable bonds is 10. The summed E-state index contributed by atoms with van der Waals surface area (Å²) < 4.78 is 60.9. The number of anilines is 4. The van der Waals surface area contributed by atoms with Gasteiger partial charge in [0.05, 0.1) is 71.0 Å². The molecule has 34 nitrogen and oxygen atoms in total. The Morgan fingerprint density at radius 3 is 1.15 bits per heavy atom. The van der Waals surface area contributed by atoms with Gasteiger partial charge in [-0.25, -0.2) is 9.97 Å². The maximum Gasteiger partial charge on any atom is 0.312 e. The average Bonchev–Trinajstić information content (AvgIpc) is 1.54. The number of aromatic hydroxyl groups is 4. The van der Waals surface area contributed by atoms with E-state index in [1.807, 2.05) is 0 Å². The summed E-state index contributed by atoms with van der Waals surface area (Å²) in [6.45, 7) is 41.6. The number of aliphatic hydroxyl groups is 4. The van der Waals surface area contributed by atoms with Gasteiger partial charge in [0.25, 0.3) is 23.4 Å². The normalized spacial score (nSPS) is 29.5. The number of nitrogens with zero attached hydrogens (tertiary/aromatic N) is 6. The fourth-order valence-corrected chi connectivity index (χ4v) is 19.5. The van der Waals surface area contributed by atoms with Gasteiger partial charge < -0.3 is 108 Å². The highest BCUT2D eigenvalue weighted by atomic mass is 16.7. The molecule has 8 bridgehead atoms. The van der Waals surface area contributed by atoms with Crippen LogP contribution in [0.2, 0.25) is 0 Å². The molecule has 2 aliphatic carbocycles. The van der Waals surface area contributed by atoms with E-state index in [0.717, 1.165) is 39.3 Å². The minimum atomic E-state index is -2.08. The lowest BCUT2D eigenvalue weighted by molar-refractivity contribution is -0.161. The smallest absolute Gasteiger partial charge is 0.312 e. The molecule has 0 spiro atoms. The molecule has 2 fully saturated rings. The molecule has 8 aliphatic heterocycles. The van der Waals surface area contributed by atoms with Crippen molar-refractivity contribution in [3.63, 3.8) is 0 Å². The van der Waals surface area contributed by atoms with Crippen molar-refractivity contribution in [1.29, 1.82) is 0 Å². The van der Waals surface area contributed by atoms with Gasteiger partial charge in [0, 0.05) is 223 Å². The van der Waals surface area contributed by atoms with Gasteiger partial charge in [-0.3, -0.25) is 48.2 Å². The van der Waals surface area contributed by atoms with Crippen LogP contribution in [0.25, 0.3) is 66.7 Å². The summed E-state index contributed by atoms with van der Waals surface area (Å²) in [7, 11) is 2.88. The maximum atomic E-state index is 14.9. The van der Waals surface area contributed by atoms with E-state index in [4.69, 9.17) is 56.7 Å². The Morgan fingerprint density at radius 2 is 0.831 bits per heavy atom. The molecule has 8 heterocycles. The molecule has 0 saturated carbocycles. The number of aromatic nitrogens is 2. The standard InChI is InChI=1S/2C51H64N4O13/c2*1-24(2)23-54-16-18-55(19-17-54)32-21-33(57)39-35(22-32)67-48-40(52-39)36-37-44(60)30(8)47-38(36)49(62)51(10,68-47)65-20-15-34(64-11)27(5)46(66-31(9)56)29(7)43(59)28(6)42(58)25(3)13-12-14-26(4)50(63)53-41(48)45(37)61/h2*12-15,20-22,24-25,27-29,34,42-43,46,57-60H,16-19,23H2,1-11H3,(H,53,63)/b2*13-12+,20-15+,26-14-/t2*25-,27+,28+,29+,34-,42-,43+,46+,51-/m00/s1. The van der Waals surface area contributed by atoms with E-state index in [1.54, 1.807) is 104 Å². The number of Topliss-reactive ketones (excluding diaryl/α,β-unsaturated/α-hetero) is 2. The van der Waals surface area contributed by atoms with Crippen LogP contribution in [0, 0.1) is 73.0 Å². The molecule has 34 heteroatoms. The van der Waals surface area contributed by atoms with E-state index in [-0.39, 0.29) is 134 Å². The highest BCUT2D eigenvalue weighted by Crippen LogP contribution is 2.54. The van der Waals surface area contributed by atoms with Gasteiger partial charge in [-0.15, -0.1) is 0 Å². The predicted molar refractivity (Wildman–Crippen MR) is 512 cm³/mol. The molecule has 4 aromatic rings. The van der Waals surface area contributed by atoms with Crippen molar-refractivity contribution in [3.8, 4) is 57.4 Å². The number of methoxy groups -OCH3 is 2. The van der Waals surface area contributed by atoms with E-state index in [9.17, 15) is 79.2 Å². The zero-order valence-corrected chi connectivity index (χ0v) is 81.2. The maximum absolute atomic E-state index is 14.9. The topological polar surface area (TPSA) is 461 Å². The van der Waals surface area contributed by atoms with Crippen molar-refractivity contribution in [1.82, 2.24) is 19.8 Å². The molecule has 2 saturated heterocycles. The third-order valence-electron chi connectivity index (χ3n) is 27.5. The molecular weight excluding hydrogens is 1750 g/mol. The van der Waals surface area contributed by atoms with E-state index in [2.05, 4.69) is 57.9 Å². The van der Waals surface area contributed by atoms with Crippen molar-refractivity contribution < 1.29 is 116 Å². The number of carbonyl (C=O) groups is 6. The second-order valence-corrected chi connectivity index (χ2v) is 38.4. The minimum Gasteiger partial charge on any atom is -0.507 e. The number of ether oxygens (including phenoxy) is 8. The number of phenols is 4. The van der Waals surface area contributed by atoms with Gasteiger partial charge >= 0.3 is 23.5 Å². The minimum absolute atomic E-state index is 0.00679. The van der Waals surface area contributed by atoms with Gasteiger partial charge in [-0.1, -0.05) is 120 Å². The number of phenolic OH excluding ortho intramolecular Hbond substituents is 4. The monoisotopic (exact) mass is 1880 g/mol. The first-order valence-corrected chi connectivity index (χ1v) is 46.4. The number of hydrogen-bond donors (Lipinski definition) is 10. The second-order valence-electron chi connectivity index (χ2n) is 38.4. The van der Waals surface area contributed by atoms with Crippen molar-refractivity contribution in [2.75, 3.05) is 100 Å². The lowest BCUT2D eigenvalue weighted by Crippen LogP contribution is -2.47. The van der Waals surface area contributed by atoms with Crippen LogP contribution < -0.4 is 40.8 Å². The second kappa shape index (κ2) is 40.7. The van der Waals surface area contributed by atoms with Crippen LogP contribution in [0.15, 0.2) is 115 Å². The summed E-state index contributed by atoms with van der Waals surface area (Å²) in [6.07, 6.45) is 6.98. The fraction of sp³-hybridized carbons (Fsp3) is 0.510. The van der Waals surface area contributed by atoms with Crippen LogP contribution in [0.3, 0.4) is 0 Å². The van der Waals surface area contributed by atoms with Gasteiger partial charge in [0.15, 0.2) is 22.7 Å². The lowest BCUT2D eigenvalue weighted by atomic mass is 9.78. The predicted octanol–water partition coefficient (Wildman–Crippen LogP) is 12.9. The molecule has 10 N–H and O–H groups in total. The van der Waals surface area contributed by atoms with E-state index in [0.29, 0.717) is 49.4 Å². The molecule has 0 radical (unpaired) electrons. The molecule has 2 amide bonds. The number of piperazine rings is 2. The highest BCUT2D eigenvalue weighted by molar-refractivity contribution is 6.24. The zero-order valence-electron chi connectivity index (χ0n) is 81.2. The van der Waals surface area contributed by atoms with Crippen LogP contribution in [-0.4, -0.2) is 236 Å². The molecule has 10 aliphatic rings. The van der Waals surface area contributed by atoms with E-state index < -0.39 is 165 Å². The van der Waals surface area contributed by atoms with Crippen molar-refractivity contribution in [3.05, 3.63) is 139 Å². The molecular formula is C102H128N8O26. The third-order valence-corrected chi connectivity index (χ3v) is 27.5. The molecule has 136 heavy (non-hydrogen) atoms. The Bertz CT molecular complexity index is 5840. The Balaban J connectivity index is 0.000000230. The summed E-state index contributed by atoms with van der Waals surface area (Å²) in [5.41, 5.74) is -1.29. The summed E-state index contributed by atoms with van der Waals surface area (Å²) >= 11 is 0. The first-order chi connectivity index (χ1) is 64.1. The number of aliphatic hydroxyl groups excluding tert-OH is 4. The SMILES string of the molecule is CO[C@H]1/C=C/O[C@@]2(C)Oc3c(C)c(O)c4c(=O)c(c5oc6cc(N7CCN(CC(C)C)CC7)cc(O)c6nc-5c4c3C2=O)NC(=O)/C(C)=C\C=C\[C@H](C)[C@H](O)[C@@H](C)[C@@H](O)[C@@H](C)[C@H](OC(C)=O)[C@@H]1C.CO[C@H]1/C=C/O[C@@]2(C)Oc3c(C)c(O)c4c(=O)c(c5oc6cc(N7CCN(CC(C)C)CC7)cc(O)c6nc-5c4c3C2=O)NC(=O)/C(C)=C\C=C\[C@H](C)[C@H](O)[C@@H](C)[C@@H](O)[C@@H](C)[C@H](OC(C)=O)[C@@H]1C. The van der Waals surface area contributed by atoms with Crippen molar-refractivity contribution >= 4 is 102 Å². The first kappa shape index (κ1) is 101. The van der Waals surface area contributed by atoms with Crippen LogP contribution >= 0.6 is 0 Å². The average molecular weight is 1880 g/mol. The van der Waals surface area contributed by atoms with Crippen molar-refractivity contribution in [2.24, 2.45) is 59.2 Å². The number of amides is 2. The van der Waals surface area contributed by atoms with Gasteiger partial charge in [-0.05, 0) is 51.7 Å². The Hall–Kier alpha value is -12.0. The number of benzene rings is 6. The fourth-order valence-electron chi connectivity index (χ4n) is 19.5. The zero-order chi connectivity index (χ0) is 99.4. The number of nitrogens with one attached hydrogen (secondary N) is 2. The largest absolute Gasteiger partial charge is 0.507 e. The van der Waals surface area contributed by atoms with E-state index >= 15 is 0 Å². The third kappa shape index (κ3) is 19.8. The highest BCUT2D eigenvalue weighted by Gasteiger charge is 2.53. The Labute approximate surface area is 788 Å². The molecule has 0 aromatic heterocycles. The van der Waals surface area contributed by atoms with Crippen LogP contribution in [-0.2, 0) is 47.6 Å². The molecule has 14 rings (SSSR count). The number of carbonyl (C=O) groups excluding carboxylic acids is 6. The van der Waals surface area contributed by atoms with Crippen LogP contribution in [0.5, 0.6) is 34.5 Å². The molecule has 4 aromatic carbocycles. The quantitative estimate of drug-likeness (QED) is 0.0345. The van der Waals surface area contributed by atoms with E-state index in [1.165, 1.54) is 106 Å². The molecule has 732 valence electrons. The summed E-state index contributed by atoms with van der Waals surface area (Å²) in [5.74, 6) is -14.6. The molecule has 0 unspecified atom stereocenters. The first-order valence-electron chi connectivity index (χ1n) is 46.4. The Kier molecular flexibility index (Phi) is 30.4. The lowest BCUT2D eigenvalue weighted by Gasteiger charge is -2.38. The van der Waals surface area contributed by atoms with Crippen LogP contribution in [0.1, 0.15) is 156 Å². The number of allylic oxidation sites excluding steroid dienone is 4. The summed E-state index contributed by atoms with van der Waals surface area (Å²) in [5, 5.41) is 97.5. The van der Waals surface area contributed by atoms with Crippen LogP contribution in [0.4, 0.5) is 22.7 Å². The Morgan fingerprint density at radius 1 is 0.485 bits per heavy atom. The summed E-state index contributed by atoms with van der Waals surface area (Å²) in [6, 6.07) is 6.57. The van der Waals surface area contributed by atoms with Gasteiger partial charge in [0.2, 0.25) is 10.9 Å². The number of hydrogen-bond acceptors (Lipinski definition) is 32. The van der Waals surface area contributed by atoms with Crippen molar-refractivity contribution in [2.45, 2.75) is 199 Å². The van der Waals surface area contributed by atoms with Gasteiger partial charge in [0.1, 0.15) is 80.5 Å². The molecule has 18 atom stereocenters. The summed E-state index contributed by atoms with van der Waals surface area (Å²) in [4.78, 5) is 131. The number of fused-ring (bicyclic) bond motifs is 4. The number of esters is 2. The number of ketones is 2. The van der Waals surface area contributed by atoms with Gasteiger partial charge in [-0.2, -0.15) is 0 Å².